The lowest BCUT2D eigenvalue weighted by atomic mass is 9.90. The number of imidazole rings is 1. The lowest BCUT2D eigenvalue weighted by Gasteiger charge is -2.23. The molecule has 0 spiro atoms. The fraction of sp³-hybridized carbons (Fsp3) is 0.316. The fourth-order valence-electron chi connectivity index (χ4n) is 2.62. The minimum Gasteiger partial charge on any atom is -0.396 e. The molecule has 2 heterocycles. The monoisotopic (exact) mass is 338 g/mol. The fourth-order valence-corrected chi connectivity index (χ4v) is 2.62. The number of pyridine rings is 1. The molecular weight excluding hydrogens is 316 g/mol. The van der Waals surface area contributed by atoms with Gasteiger partial charge in [0.25, 0.3) is 5.91 Å². The molecule has 130 valence electrons. The maximum atomic E-state index is 12.3. The number of carbonyl (C=O) groups is 1. The highest BCUT2D eigenvalue weighted by Crippen LogP contribution is 2.19. The van der Waals surface area contributed by atoms with Gasteiger partial charge in [-0.1, -0.05) is 26.0 Å². The molecule has 0 aliphatic carbocycles. The summed E-state index contributed by atoms with van der Waals surface area (Å²) >= 11 is 0. The number of hydrogen-bond acceptors (Lipinski definition) is 4. The minimum atomic E-state index is -0.166. The van der Waals surface area contributed by atoms with E-state index in [-0.39, 0.29) is 17.9 Å². The Morgan fingerprint density at radius 2 is 2.00 bits per heavy atom. The Hall–Kier alpha value is -2.73. The van der Waals surface area contributed by atoms with Crippen molar-refractivity contribution in [1.29, 1.82) is 0 Å². The van der Waals surface area contributed by atoms with Gasteiger partial charge in [0, 0.05) is 19.3 Å². The molecule has 0 unspecified atom stereocenters. The number of para-hydroxylation sites is 2. The van der Waals surface area contributed by atoms with Crippen molar-refractivity contribution in [1.82, 2.24) is 19.9 Å². The van der Waals surface area contributed by atoms with Crippen LogP contribution in [0.25, 0.3) is 16.9 Å². The quantitative estimate of drug-likeness (QED) is 0.724. The molecule has 0 saturated heterocycles. The van der Waals surface area contributed by atoms with Gasteiger partial charge in [0.2, 0.25) is 0 Å². The number of nitrogens with zero attached hydrogens (tertiary/aromatic N) is 3. The third-order valence-corrected chi connectivity index (χ3v) is 4.23. The Morgan fingerprint density at radius 3 is 2.72 bits per heavy atom. The van der Waals surface area contributed by atoms with Crippen molar-refractivity contribution in [2.45, 2.75) is 20.3 Å². The van der Waals surface area contributed by atoms with E-state index in [0.717, 1.165) is 11.0 Å². The van der Waals surface area contributed by atoms with Crippen LogP contribution in [0.5, 0.6) is 0 Å². The third kappa shape index (κ3) is 3.85. The molecule has 0 aliphatic heterocycles. The number of hydrogen-bond donors (Lipinski definition) is 2. The van der Waals surface area contributed by atoms with Gasteiger partial charge < -0.3 is 10.4 Å². The highest BCUT2D eigenvalue weighted by atomic mass is 16.3. The first-order valence-electron chi connectivity index (χ1n) is 8.28. The van der Waals surface area contributed by atoms with E-state index in [4.69, 9.17) is 5.11 Å². The van der Waals surface area contributed by atoms with Crippen molar-refractivity contribution in [2.24, 2.45) is 5.41 Å². The molecule has 0 atom stereocenters. The first kappa shape index (κ1) is 17.1. The second kappa shape index (κ2) is 7.03. The molecule has 1 aromatic carbocycles. The molecule has 0 radical (unpaired) electrons. The summed E-state index contributed by atoms with van der Waals surface area (Å²) < 4.78 is 1.89. The Labute approximate surface area is 146 Å². The molecular formula is C19H22N4O2. The van der Waals surface area contributed by atoms with Gasteiger partial charge in [0.15, 0.2) is 0 Å². The number of amides is 1. The van der Waals surface area contributed by atoms with Gasteiger partial charge in [-0.05, 0) is 36.1 Å². The summed E-state index contributed by atoms with van der Waals surface area (Å²) in [6, 6.07) is 11.4. The highest BCUT2D eigenvalue weighted by Gasteiger charge is 2.18. The van der Waals surface area contributed by atoms with Crippen LogP contribution in [0.2, 0.25) is 0 Å². The van der Waals surface area contributed by atoms with Gasteiger partial charge in [-0.2, -0.15) is 0 Å². The van der Waals surface area contributed by atoms with Crippen LogP contribution in [0.15, 0.2) is 48.9 Å². The number of aliphatic hydroxyl groups excluding tert-OH is 1. The highest BCUT2D eigenvalue weighted by molar-refractivity contribution is 5.94. The summed E-state index contributed by atoms with van der Waals surface area (Å²) in [6.07, 6.45) is 3.93. The Bertz CT molecular complexity index is 869. The molecule has 6 heteroatoms. The zero-order valence-electron chi connectivity index (χ0n) is 14.4. The van der Waals surface area contributed by atoms with Crippen molar-refractivity contribution in [3.63, 3.8) is 0 Å². The van der Waals surface area contributed by atoms with Crippen LogP contribution in [0.4, 0.5) is 0 Å². The van der Waals surface area contributed by atoms with Gasteiger partial charge in [-0.15, -0.1) is 0 Å². The predicted molar refractivity (Wildman–Crippen MR) is 96.7 cm³/mol. The van der Waals surface area contributed by atoms with Crippen molar-refractivity contribution < 1.29 is 9.90 Å². The molecule has 3 rings (SSSR count). The Balaban J connectivity index is 1.73. The SMILES string of the molecule is CC(C)(CCO)CNC(=O)c1ccc(-n2cnc3ccccc32)nc1. The standard InChI is InChI=1S/C19H22N4O2/c1-19(2,9-10-24)12-21-18(25)14-7-8-17(20-11-14)23-13-22-15-5-3-4-6-16(15)23/h3-8,11,13,24H,9-10,12H2,1-2H3,(H,21,25). The number of carbonyl (C=O) groups excluding carboxylic acids is 1. The van der Waals surface area contributed by atoms with Crippen LogP contribution < -0.4 is 5.32 Å². The normalized spacial score (nSPS) is 11.6. The van der Waals surface area contributed by atoms with Crippen molar-refractivity contribution in [3.8, 4) is 5.82 Å². The van der Waals surface area contributed by atoms with Gasteiger partial charge in [0.1, 0.15) is 12.1 Å². The lowest BCUT2D eigenvalue weighted by Crippen LogP contribution is -2.34. The van der Waals surface area contributed by atoms with E-state index in [1.807, 2.05) is 48.7 Å². The maximum Gasteiger partial charge on any atom is 0.252 e. The molecule has 0 aliphatic rings. The second-order valence-electron chi connectivity index (χ2n) is 6.83. The molecule has 1 amide bonds. The van der Waals surface area contributed by atoms with Crippen LogP contribution in [0, 0.1) is 5.41 Å². The van der Waals surface area contributed by atoms with Gasteiger partial charge in [-0.25, -0.2) is 9.97 Å². The second-order valence-corrected chi connectivity index (χ2v) is 6.83. The maximum absolute atomic E-state index is 12.3. The zero-order chi connectivity index (χ0) is 17.9. The van der Waals surface area contributed by atoms with E-state index in [9.17, 15) is 4.79 Å². The van der Waals surface area contributed by atoms with E-state index in [0.29, 0.717) is 24.3 Å². The predicted octanol–water partition coefficient (Wildman–Crippen LogP) is 2.56. The number of benzene rings is 1. The number of aromatic nitrogens is 3. The zero-order valence-corrected chi connectivity index (χ0v) is 14.4. The topological polar surface area (TPSA) is 80.0 Å². The van der Waals surface area contributed by atoms with Crippen molar-refractivity contribution >= 4 is 16.9 Å². The average Bonchev–Trinajstić information content (AvgIpc) is 3.04. The summed E-state index contributed by atoms with van der Waals surface area (Å²) in [5.74, 6) is 0.548. The number of rotatable bonds is 6. The van der Waals surface area contributed by atoms with Gasteiger partial charge >= 0.3 is 0 Å². The lowest BCUT2D eigenvalue weighted by molar-refractivity contribution is 0.0928. The van der Waals surface area contributed by atoms with E-state index in [2.05, 4.69) is 15.3 Å². The molecule has 2 aromatic heterocycles. The van der Waals surface area contributed by atoms with Gasteiger partial charge in [0.05, 0.1) is 16.6 Å². The molecule has 3 aromatic rings. The van der Waals surface area contributed by atoms with Gasteiger partial charge in [-0.3, -0.25) is 9.36 Å². The van der Waals surface area contributed by atoms with Crippen LogP contribution in [0.3, 0.4) is 0 Å². The summed E-state index contributed by atoms with van der Waals surface area (Å²) in [5.41, 5.74) is 2.23. The molecule has 2 N–H and O–H groups in total. The molecule has 25 heavy (non-hydrogen) atoms. The first-order chi connectivity index (χ1) is 12.0. The minimum absolute atomic E-state index is 0.109. The molecule has 0 bridgehead atoms. The molecule has 0 fully saturated rings. The summed E-state index contributed by atoms with van der Waals surface area (Å²) in [5, 5.41) is 11.9. The van der Waals surface area contributed by atoms with Crippen LogP contribution >= 0.6 is 0 Å². The van der Waals surface area contributed by atoms with Crippen LogP contribution in [-0.2, 0) is 0 Å². The van der Waals surface area contributed by atoms with E-state index >= 15 is 0 Å². The van der Waals surface area contributed by atoms with Crippen LogP contribution in [0.1, 0.15) is 30.6 Å². The van der Waals surface area contributed by atoms with E-state index in [1.165, 1.54) is 0 Å². The van der Waals surface area contributed by atoms with Crippen LogP contribution in [-0.4, -0.2) is 38.7 Å². The molecule has 6 nitrogen and oxygen atoms in total. The summed E-state index contributed by atoms with van der Waals surface area (Å²) in [7, 11) is 0. The largest absolute Gasteiger partial charge is 0.396 e. The summed E-state index contributed by atoms with van der Waals surface area (Å²) in [6.45, 7) is 4.63. The summed E-state index contributed by atoms with van der Waals surface area (Å²) in [4.78, 5) is 21.0. The number of aliphatic hydroxyl groups is 1. The smallest absolute Gasteiger partial charge is 0.252 e. The number of nitrogens with one attached hydrogen (secondary N) is 1. The van der Waals surface area contributed by atoms with Crippen molar-refractivity contribution in [3.05, 3.63) is 54.5 Å². The Morgan fingerprint density at radius 1 is 1.20 bits per heavy atom. The van der Waals surface area contributed by atoms with E-state index < -0.39 is 0 Å². The first-order valence-corrected chi connectivity index (χ1v) is 8.28. The average molecular weight is 338 g/mol. The molecule has 0 saturated carbocycles. The number of fused-ring (bicyclic) bond motifs is 1. The third-order valence-electron chi connectivity index (χ3n) is 4.23. The van der Waals surface area contributed by atoms with E-state index in [1.54, 1.807) is 18.6 Å². The van der Waals surface area contributed by atoms with Crippen molar-refractivity contribution in [2.75, 3.05) is 13.2 Å². The Kier molecular flexibility index (Phi) is 4.81.